The predicted octanol–water partition coefficient (Wildman–Crippen LogP) is 5.91. The van der Waals surface area contributed by atoms with E-state index in [4.69, 9.17) is 14.2 Å². The largest absolute Gasteiger partial charge is 0.497 e. The minimum atomic E-state index is -0.378. The van der Waals surface area contributed by atoms with E-state index in [0.29, 0.717) is 29.5 Å². The molecule has 1 unspecified atom stereocenters. The fourth-order valence-corrected chi connectivity index (χ4v) is 4.59. The van der Waals surface area contributed by atoms with Gasteiger partial charge >= 0.3 is 0 Å². The van der Waals surface area contributed by atoms with Crippen LogP contribution in [0.15, 0.2) is 97.3 Å². The Bertz CT molecular complexity index is 1560. The van der Waals surface area contributed by atoms with Gasteiger partial charge in [-0.3, -0.25) is 4.79 Å². The number of amides is 1. The third kappa shape index (κ3) is 6.23. The summed E-state index contributed by atoms with van der Waals surface area (Å²) >= 11 is 0. The van der Waals surface area contributed by atoms with Crippen molar-refractivity contribution in [3.63, 3.8) is 0 Å². The van der Waals surface area contributed by atoms with Crippen LogP contribution in [-0.2, 0) is 17.9 Å². The van der Waals surface area contributed by atoms with E-state index < -0.39 is 0 Å². The molecular weight excluding hydrogens is 509 g/mol. The Balaban J connectivity index is 1.46. The van der Waals surface area contributed by atoms with Crippen LogP contribution >= 0.6 is 0 Å². The lowest BCUT2D eigenvalue weighted by Gasteiger charge is -2.19. The SMILES string of the molecule is COc1cc(OC)cc(C(CC(=O)NCc2ccc(F)cc2)c2cnc3c(OCc4ccccc4)cccn23)c1. The maximum atomic E-state index is 13.3. The van der Waals surface area contributed by atoms with Crippen LogP contribution in [0.5, 0.6) is 17.2 Å². The zero-order valence-corrected chi connectivity index (χ0v) is 22.3. The number of hydrogen-bond acceptors (Lipinski definition) is 5. The van der Waals surface area contributed by atoms with E-state index in [1.54, 1.807) is 38.6 Å². The Morgan fingerprint density at radius 1 is 0.925 bits per heavy atom. The smallest absolute Gasteiger partial charge is 0.221 e. The molecule has 0 bridgehead atoms. The first-order valence-corrected chi connectivity index (χ1v) is 12.9. The number of nitrogens with zero attached hydrogens (tertiary/aromatic N) is 2. The molecule has 204 valence electrons. The summed E-state index contributed by atoms with van der Waals surface area (Å²) in [6.07, 6.45) is 3.82. The molecule has 3 aromatic carbocycles. The molecule has 1 N–H and O–H groups in total. The number of carbonyl (C=O) groups excluding carboxylic acids is 1. The van der Waals surface area contributed by atoms with Crippen molar-refractivity contribution in [2.45, 2.75) is 25.5 Å². The maximum absolute atomic E-state index is 13.3. The second-order valence-corrected chi connectivity index (χ2v) is 9.33. The van der Waals surface area contributed by atoms with E-state index in [-0.39, 0.29) is 30.6 Å². The van der Waals surface area contributed by atoms with Crippen LogP contribution in [0.4, 0.5) is 4.39 Å². The Morgan fingerprint density at radius 2 is 1.65 bits per heavy atom. The highest BCUT2D eigenvalue weighted by Gasteiger charge is 2.24. The number of methoxy groups -OCH3 is 2. The average molecular weight is 540 g/mol. The Labute approximate surface area is 232 Å². The molecule has 2 heterocycles. The second kappa shape index (κ2) is 12.3. The molecule has 0 saturated heterocycles. The lowest BCUT2D eigenvalue weighted by Crippen LogP contribution is -2.25. The van der Waals surface area contributed by atoms with Gasteiger partial charge in [-0.25, -0.2) is 9.37 Å². The van der Waals surface area contributed by atoms with Gasteiger partial charge in [0.05, 0.1) is 19.9 Å². The summed E-state index contributed by atoms with van der Waals surface area (Å²) in [5, 5.41) is 2.96. The van der Waals surface area contributed by atoms with Crippen molar-refractivity contribution in [3.05, 3.63) is 126 Å². The van der Waals surface area contributed by atoms with Crippen molar-refractivity contribution in [1.82, 2.24) is 14.7 Å². The molecule has 0 fully saturated rings. The van der Waals surface area contributed by atoms with Gasteiger partial charge in [0.15, 0.2) is 11.4 Å². The fourth-order valence-electron chi connectivity index (χ4n) is 4.59. The van der Waals surface area contributed by atoms with Crippen LogP contribution in [0.25, 0.3) is 5.65 Å². The first kappa shape index (κ1) is 26.7. The normalized spacial score (nSPS) is 11.7. The van der Waals surface area contributed by atoms with Crippen LogP contribution in [0.3, 0.4) is 0 Å². The van der Waals surface area contributed by atoms with Gasteiger partial charge in [-0.1, -0.05) is 42.5 Å². The van der Waals surface area contributed by atoms with Gasteiger partial charge in [-0.15, -0.1) is 0 Å². The molecular formula is C32H30FN3O4. The summed E-state index contributed by atoms with van der Waals surface area (Å²) in [6, 6.07) is 25.4. The monoisotopic (exact) mass is 539 g/mol. The zero-order chi connectivity index (χ0) is 27.9. The van der Waals surface area contributed by atoms with Gasteiger partial charge in [0, 0.05) is 37.3 Å². The van der Waals surface area contributed by atoms with Gasteiger partial charge in [0.2, 0.25) is 5.91 Å². The number of fused-ring (bicyclic) bond motifs is 1. The Morgan fingerprint density at radius 3 is 2.35 bits per heavy atom. The number of imidazole rings is 1. The van der Waals surface area contributed by atoms with E-state index >= 15 is 0 Å². The number of carbonyl (C=O) groups is 1. The summed E-state index contributed by atoms with van der Waals surface area (Å²) in [5.74, 6) is 1.01. The van der Waals surface area contributed by atoms with E-state index in [2.05, 4.69) is 10.3 Å². The number of hydrogen-bond donors (Lipinski definition) is 1. The summed E-state index contributed by atoms with van der Waals surface area (Å²) in [5.41, 5.74) is 4.16. The second-order valence-electron chi connectivity index (χ2n) is 9.33. The molecule has 1 amide bonds. The predicted molar refractivity (Wildman–Crippen MR) is 150 cm³/mol. The van der Waals surface area contributed by atoms with Gasteiger partial charge < -0.3 is 23.9 Å². The molecule has 0 aliphatic carbocycles. The topological polar surface area (TPSA) is 74.1 Å². The van der Waals surface area contributed by atoms with Crippen molar-refractivity contribution in [2.24, 2.45) is 0 Å². The summed E-state index contributed by atoms with van der Waals surface area (Å²) in [6.45, 7) is 0.697. The highest BCUT2D eigenvalue weighted by Crippen LogP contribution is 2.35. The highest BCUT2D eigenvalue weighted by molar-refractivity contribution is 5.77. The molecule has 5 rings (SSSR count). The molecule has 0 saturated carbocycles. The molecule has 0 aliphatic rings. The van der Waals surface area contributed by atoms with Crippen LogP contribution in [0.2, 0.25) is 0 Å². The standard InChI is InChI=1S/C32H30FN3O4/c1-38-26-15-24(16-27(17-26)39-2)28(18-31(37)34-19-22-10-12-25(33)13-11-22)29-20-35-32-30(9-6-14-36(29)32)40-21-23-7-4-3-5-8-23/h3-17,20,28H,18-19,21H2,1-2H3,(H,34,37). The van der Waals surface area contributed by atoms with E-state index in [9.17, 15) is 9.18 Å². The molecule has 7 nitrogen and oxygen atoms in total. The first-order valence-electron chi connectivity index (χ1n) is 12.9. The van der Waals surface area contributed by atoms with Crippen molar-refractivity contribution < 1.29 is 23.4 Å². The average Bonchev–Trinajstić information content (AvgIpc) is 3.43. The van der Waals surface area contributed by atoms with E-state index in [1.807, 2.05) is 65.2 Å². The zero-order valence-electron chi connectivity index (χ0n) is 22.3. The summed E-state index contributed by atoms with van der Waals surface area (Å²) < 4.78 is 32.4. The fraction of sp³-hybridized carbons (Fsp3) is 0.188. The molecule has 40 heavy (non-hydrogen) atoms. The van der Waals surface area contributed by atoms with Gasteiger partial charge in [-0.2, -0.15) is 0 Å². The van der Waals surface area contributed by atoms with Gasteiger partial charge in [-0.05, 0) is 53.1 Å². The number of halogens is 1. The number of pyridine rings is 1. The molecule has 8 heteroatoms. The van der Waals surface area contributed by atoms with Crippen molar-refractivity contribution in [1.29, 1.82) is 0 Å². The summed E-state index contributed by atoms with van der Waals surface area (Å²) in [4.78, 5) is 17.9. The minimum absolute atomic E-state index is 0.139. The number of rotatable bonds is 11. The molecule has 5 aromatic rings. The first-order chi connectivity index (χ1) is 19.5. The lowest BCUT2D eigenvalue weighted by atomic mass is 9.91. The van der Waals surface area contributed by atoms with E-state index in [0.717, 1.165) is 22.4 Å². The number of benzene rings is 3. The quantitative estimate of drug-likeness (QED) is 0.226. The molecule has 1 atom stereocenters. The lowest BCUT2D eigenvalue weighted by molar-refractivity contribution is -0.121. The van der Waals surface area contributed by atoms with Crippen LogP contribution in [-0.4, -0.2) is 29.5 Å². The van der Waals surface area contributed by atoms with Crippen LogP contribution in [0.1, 0.15) is 34.7 Å². The highest BCUT2D eigenvalue weighted by atomic mass is 19.1. The molecule has 0 aliphatic heterocycles. The molecule has 0 radical (unpaired) electrons. The third-order valence-corrected chi connectivity index (χ3v) is 6.69. The molecule has 2 aromatic heterocycles. The number of nitrogens with one attached hydrogen (secondary N) is 1. The Hall–Kier alpha value is -4.85. The Kier molecular flexibility index (Phi) is 8.25. The van der Waals surface area contributed by atoms with Crippen LogP contribution < -0.4 is 19.5 Å². The van der Waals surface area contributed by atoms with E-state index in [1.165, 1.54) is 12.1 Å². The maximum Gasteiger partial charge on any atom is 0.221 e. The molecule has 0 spiro atoms. The van der Waals surface area contributed by atoms with Crippen molar-refractivity contribution in [2.75, 3.05) is 14.2 Å². The van der Waals surface area contributed by atoms with Crippen molar-refractivity contribution >= 4 is 11.6 Å². The third-order valence-electron chi connectivity index (χ3n) is 6.69. The number of ether oxygens (including phenoxy) is 3. The number of aromatic nitrogens is 2. The summed E-state index contributed by atoms with van der Waals surface area (Å²) in [7, 11) is 3.18. The minimum Gasteiger partial charge on any atom is -0.497 e. The van der Waals surface area contributed by atoms with Crippen molar-refractivity contribution in [3.8, 4) is 17.2 Å². The van der Waals surface area contributed by atoms with Crippen LogP contribution in [0, 0.1) is 5.82 Å². The van der Waals surface area contributed by atoms with Gasteiger partial charge in [0.1, 0.15) is 23.9 Å². The van der Waals surface area contributed by atoms with Gasteiger partial charge in [0.25, 0.3) is 0 Å².